The van der Waals surface area contributed by atoms with Gasteiger partial charge in [0, 0.05) is 12.6 Å². The Hall–Kier alpha value is -5.52. The average molecular weight is 691 g/mol. The Labute approximate surface area is 271 Å². The number of hydrogen-bond donors (Lipinski definition) is 5. The number of fused-ring (bicyclic) bond motifs is 1. The Morgan fingerprint density at radius 2 is 1.67 bits per heavy atom. The van der Waals surface area contributed by atoms with Crippen LogP contribution in [0, 0.1) is 0 Å². The predicted octanol–water partition coefficient (Wildman–Crippen LogP) is 2.85. The number of halogens is 3. The van der Waals surface area contributed by atoms with Gasteiger partial charge in [-0.1, -0.05) is 54.6 Å². The molecule has 2 unspecified atom stereocenters. The van der Waals surface area contributed by atoms with Gasteiger partial charge in [0.25, 0.3) is 0 Å². The van der Waals surface area contributed by atoms with Crippen LogP contribution >= 0.6 is 0 Å². The Bertz CT molecular complexity index is 1850. The SMILES string of the molecule is COC(=O)[C@@H](Cc1ccccc1)NC(=O)NC(Cc1ccc(C2CC(=O)NS2(=O)=O)cc1)c1nc2ccncc2[nH]1.O=C(O)C(F)(F)F. The summed E-state index contributed by atoms with van der Waals surface area (Å²) in [7, 11) is -2.50. The first kappa shape index (κ1) is 35.3. The number of imidazole rings is 1. The van der Waals surface area contributed by atoms with Crippen molar-refractivity contribution in [3.05, 3.63) is 95.6 Å². The highest BCUT2D eigenvalue weighted by molar-refractivity contribution is 7.90. The van der Waals surface area contributed by atoms with E-state index in [1.807, 2.05) is 35.1 Å². The third-order valence-electron chi connectivity index (χ3n) is 7.05. The van der Waals surface area contributed by atoms with E-state index in [1.54, 1.807) is 42.7 Å². The number of nitrogens with zero attached hydrogens (tertiary/aromatic N) is 2. The lowest BCUT2D eigenvalue weighted by Gasteiger charge is -2.21. The van der Waals surface area contributed by atoms with E-state index in [0.29, 0.717) is 22.4 Å². The largest absolute Gasteiger partial charge is 0.490 e. The number of pyridine rings is 1. The third-order valence-corrected chi connectivity index (χ3v) is 8.75. The third kappa shape index (κ3) is 9.27. The molecule has 1 saturated heterocycles. The minimum Gasteiger partial charge on any atom is -0.475 e. The number of ether oxygens (including phenoxy) is 1. The number of hydrogen-bond acceptors (Lipinski definition) is 9. The number of alkyl halides is 3. The molecular formula is C30H29F3N6O8S. The number of carbonyl (C=O) groups excluding carboxylic acids is 3. The molecule has 1 fully saturated rings. The Morgan fingerprint density at radius 3 is 2.23 bits per heavy atom. The average Bonchev–Trinajstić information content (AvgIpc) is 3.59. The first-order valence-corrected chi connectivity index (χ1v) is 15.6. The van der Waals surface area contributed by atoms with Crippen LogP contribution in [0.15, 0.2) is 73.1 Å². The number of amides is 3. The van der Waals surface area contributed by atoms with Gasteiger partial charge in [0.05, 0.1) is 36.8 Å². The fraction of sp³-hybridized carbons (Fsp3) is 0.267. The number of carbonyl (C=O) groups is 4. The van der Waals surface area contributed by atoms with Gasteiger partial charge in [0.1, 0.15) is 17.1 Å². The van der Waals surface area contributed by atoms with Gasteiger partial charge in [-0.15, -0.1) is 0 Å². The molecule has 3 heterocycles. The number of aliphatic carboxylic acids is 1. The van der Waals surface area contributed by atoms with Crippen LogP contribution in [0.25, 0.3) is 11.0 Å². The van der Waals surface area contributed by atoms with Gasteiger partial charge in [-0.25, -0.2) is 27.8 Å². The van der Waals surface area contributed by atoms with Crippen molar-refractivity contribution in [2.75, 3.05) is 7.11 Å². The minimum absolute atomic E-state index is 0.136. The van der Waals surface area contributed by atoms with Crippen molar-refractivity contribution in [2.24, 2.45) is 0 Å². The number of rotatable bonds is 9. The molecular weight excluding hydrogens is 661 g/mol. The van der Waals surface area contributed by atoms with E-state index < -0.39 is 57.4 Å². The van der Waals surface area contributed by atoms with Crippen molar-refractivity contribution < 1.29 is 50.6 Å². The maximum Gasteiger partial charge on any atom is 0.490 e. The van der Waals surface area contributed by atoms with Crippen LogP contribution in [-0.2, 0) is 42.0 Å². The van der Waals surface area contributed by atoms with Gasteiger partial charge in [0.2, 0.25) is 15.9 Å². The van der Waals surface area contributed by atoms with E-state index in [4.69, 9.17) is 14.6 Å². The second-order valence-electron chi connectivity index (χ2n) is 10.5. The van der Waals surface area contributed by atoms with Crippen LogP contribution in [0.1, 0.15) is 40.2 Å². The molecule has 1 aliphatic rings. The summed E-state index contributed by atoms with van der Waals surface area (Å²) in [5, 5.41) is 11.8. The summed E-state index contributed by atoms with van der Waals surface area (Å²) >= 11 is 0. The summed E-state index contributed by atoms with van der Waals surface area (Å²) in [5.74, 6) is -3.40. The standard InChI is InChI=1S/C28H28N6O6S.C2HF3O2/c1-40-27(36)22(14-17-5-3-2-4-6-17)33-28(37)32-21(26-30-20-11-12-29-16-23(20)31-26)13-18-7-9-19(10-8-18)24-15-25(35)34-41(24,38)39;3-2(4,5)1(6)7/h2-12,16,21-22,24H,13-15H2,1H3,(H,30,31)(H,34,35)(H2,32,33,37);(H,6,7)/t21?,22-,24?;/m1./s1. The summed E-state index contributed by atoms with van der Waals surface area (Å²) in [5.41, 5.74) is 3.47. The monoisotopic (exact) mass is 690 g/mol. The van der Waals surface area contributed by atoms with Crippen LogP contribution in [0.5, 0.6) is 0 Å². The molecule has 4 aromatic rings. The Morgan fingerprint density at radius 1 is 1.02 bits per heavy atom. The molecule has 2 aromatic heterocycles. The van der Waals surface area contributed by atoms with E-state index in [2.05, 4.69) is 25.6 Å². The topological polar surface area (TPSA) is 210 Å². The van der Waals surface area contributed by atoms with Gasteiger partial charge >= 0.3 is 24.1 Å². The van der Waals surface area contributed by atoms with Crippen LogP contribution in [0.3, 0.4) is 0 Å². The Kier molecular flexibility index (Phi) is 11.0. The molecule has 48 heavy (non-hydrogen) atoms. The van der Waals surface area contributed by atoms with E-state index in [9.17, 15) is 36.0 Å². The van der Waals surface area contributed by atoms with E-state index in [0.717, 1.165) is 11.1 Å². The number of methoxy groups -OCH3 is 1. The van der Waals surface area contributed by atoms with Crippen LogP contribution in [0.2, 0.25) is 0 Å². The number of urea groups is 1. The van der Waals surface area contributed by atoms with Gasteiger partial charge < -0.3 is 25.5 Å². The van der Waals surface area contributed by atoms with Crippen molar-refractivity contribution in [3.8, 4) is 0 Å². The number of aromatic amines is 1. The minimum atomic E-state index is -5.08. The second-order valence-corrected chi connectivity index (χ2v) is 12.3. The van der Waals surface area contributed by atoms with Crippen molar-refractivity contribution in [1.82, 2.24) is 30.3 Å². The molecule has 0 radical (unpaired) electrons. The van der Waals surface area contributed by atoms with Crippen molar-refractivity contribution in [3.63, 3.8) is 0 Å². The number of carboxylic acid groups (broad SMARTS) is 1. The molecule has 3 amide bonds. The highest BCUT2D eigenvalue weighted by Gasteiger charge is 2.39. The van der Waals surface area contributed by atoms with Crippen molar-refractivity contribution in [1.29, 1.82) is 0 Å². The summed E-state index contributed by atoms with van der Waals surface area (Å²) < 4.78 is 63.2. The van der Waals surface area contributed by atoms with Gasteiger partial charge in [-0.3, -0.25) is 14.5 Å². The molecule has 14 nitrogen and oxygen atoms in total. The number of carboxylic acids is 1. The molecule has 0 spiro atoms. The molecule has 5 rings (SSSR count). The van der Waals surface area contributed by atoms with Gasteiger partial charge in [-0.2, -0.15) is 13.2 Å². The fourth-order valence-electron chi connectivity index (χ4n) is 4.75. The van der Waals surface area contributed by atoms with Crippen molar-refractivity contribution >= 4 is 44.9 Å². The molecule has 0 bridgehead atoms. The van der Waals surface area contributed by atoms with Crippen LogP contribution in [-0.4, -0.2) is 71.7 Å². The number of aromatic nitrogens is 3. The fourth-order valence-corrected chi connectivity index (χ4v) is 6.18. The second kappa shape index (κ2) is 14.9. The quantitative estimate of drug-likeness (QED) is 0.162. The number of esters is 1. The summed E-state index contributed by atoms with van der Waals surface area (Å²) in [6.45, 7) is 0. The Balaban J connectivity index is 0.000000671. The zero-order chi connectivity index (χ0) is 35.1. The molecule has 3 atom stereocenters. The van der Waals surface area contributed by atoms with Gasteiger partial charge in [0.15, 0.2) is 0 Å². The lowest BCUT2D eigenvalue weighted by molar-refractivity contribution is -0.192. The molecule has 0 aliphatic carbocycles. The maximum atomic E-state index is 13.2. The highest BCUT2D eigenvalue weighted by Crippen LogP contribution is 2.30. The zero-order valence-electron chi connectivity index (χ0n) is 25.0. The molecule has 5 N–H and O–H groups in total. The summed E-state index contributed by atoms with van der Waals surface area (Å²) in [4.78, 5) is 58.1. The molecule has 2 aromatic carbocycles. The predicted molar refractivity (Wildman–Crippen MR) is 163 cm³/mol. The summed E-state index contributed by atoms with van der Waals surface area (Å²) in [6, 6.07) is 15.6. The zero-order valence-corrected chi connectivity index (χ0v) is 25.8. The lowest BCUT2D eigenvalue weighted by Crippen LogP contribution is -2.48. The first-order valence-electron chi connectivity index (χ1n) is 14.1. The van der Waals surface area contributed by atoms with E-state index in [1.165, 1.54) is 7.11 Å². The normalized spacial score (nSPS) is 16.5. The highest BCUT2D eigenvalue weighted by atomic mass is 32.2. The number of H-pyrrole nitrogens is 1. The summed E-state index contributed by atoms with van der Waals surface area (Å²) in [6.07, 6.45) is -1.45. The van der Waals surface area contributed by atoms with Gasteiger partial charge in [-0.05, 0) is 29.2 Å². The van der Waals surface area contributed by atoms with E-state index >= 15 is 0 Å². The van der Waals surface area contributed by atoms with E-state index in [-0.39, 0.29) is 19.3 Å². The number of sulfonamides is 1. The smallest absolute Gasteiger partial charge is 0.475 e. The number of benzene rings is 2. The molecule has 0 saturated carbocycles. The molecule has 18 heteroatoms. The lowest BCUT2D eigenvalue weighted by atomic mass is 10.0. The molecule has 1 aliphatic heterocycles. The number of nitrogens with one attached hydrogen (secondary N) is 4. The van der Waals surface area contributed by atoms with Crippen LogP contribution in [0.4, 0.5) is 18.0 Å². The van der Waals surface area contributed by atoms with Crippen LogP contribution < -0.4 is 15.4 Å². The maximum absolute atomic E-state index is 13.2. The molecule has 254 valence electrons. The first-order chi connectivity index (χ1) is 22.7. The van der Waals surface area contributed by atoms with Crippen molar-refractivity contribution in [2.45, 2.75) is 42.8 Å².